The molecule has 0 amide bonds. The zero-order valence-corrected chi connectivity index (χ0v) is 14.6. The van der Waals surface area contributed by atoms with Crippen LogP contribution in [0.3, 0.4) is 0 Å². The Balaban J connectivity index is 2.07. The summed E-state index contributed by atoms with van der Waals surface area (Å²) in [5.41, 5.74) is 6.05. The fourth-order valence-corrected chi connectivity index (χ4v) is 2.89. The molecule has 0 aliphatic rings. The molecule has 112 valence electrons. The van der Waals surface area contributed by atoms with E-state index in [9.17, 15) is 0 Å². The highest BCUT2D eigenvalue weighted by molar-refractivity contribution is 9.10. The number of hydrogen-bond donors (Lipinski definition) is 0. The normalized spacial score (nSPS) is 10.7. The molecule has 3 heteroatoms. The van der Waals surface area contributed by atoms with Crippen molar-refractivity contribution in [2.24, 2.45) is 0 Å². The van der Waals surface area contributed by atoms with E-state index in [-0.39, 0.29) is 0 Å². The second-order valence-electron chi connectivity index (χ2n) is 5.61. The van der Waals surface area contributed by atoms with Crippen LogP contribution in [0.5, 0.6) is 0 Å². The van der Waals surface area contributed by atoms with Gasteiger partial charge in [-0.3, -0.25) is 0 Å². The molecule has 0 spiro atoms. The highest BCUT2D eigenvalue weighted by atomic mass is 79.9. The predicted octanol–water partition coefficient (Wildman–Crippen LogP) is 5.28. The quantitative estimate of drug-likeness (QED) is 0.620. The highest BCUT2D eigenvalue weighted by Crippen LogP contribution is 2.28. The minimum Gasteiger partial charge on any atom is -0.378 e. The van der Waals surface area contributed by atoms with Gasteiger partial charge in [0.25, 0.3) is 0 Å². The fourth-order valence-electron chi connectivity index (χ4n) is 2.63. The van der Waals surface area contributed by atoms with E-state index >= 15 is 0 Å². The Morgan fingerprint density at radius 2 is 1.45 bits per heavy atom. The van der Waals surface area contributed by atoms with Gasteiger partial charge in [0.05, 0.1) is 5.69 Å². The monoisotopic (exact) mass is 354 g/mol. The maximum atomic E-state index is 3.50. The molecular weight excluding hydrogens is 336 g/mol. The molecule has 0 bridgehead atoms. The Morgan fingerprint density at radius 3 is 2.05 bits per heavy atom. The average Bonchev–Trinajstić information content (AvgIpc) is 2.90. The van der Waals surface area contributed by atoms with E-state index in [0.29, 0.717) is 0 Å². The van der Waals surface area contributed by atoms with Gasteiger partial charge in [0.1, 0.15) is 0 Å². The lowest BCUT2D eigenvalue weighted by Gasteiger charge is -2.16. The molecule has 3 rings (SSSR count). The van der Waals surface area contributed by atoms with Gasteiger partial charge in [-0.25, -0.2) is 0 Å². The number of anilines is 1. The van der Waals surface area contributed by atoms with E-state index in [4.69, 9.17) is 0 Å². The molecule has 0 N–H and O–H groups in total. The molecule has 0 atom stereocenters. The molecule has 0 radical (unpaired) electrons. The SMILES string of the molecule is Cc1ccc(-c2ccc(Br)cc2)n1-c1ccc(N(C)C)cc1. The minimum atomic E-state index is 1.10. The van der Waals surface area contributed by atoms with Crippen molar-refractivity contribution < 1.29 is 0 Å². The minimum absolute atomic E-state index is 1.10. The Kier molecular flexibility index (Phi) is 4.08. The van der Waals surface area contributed by atoms with Crippen molar-refractivity contribution in [3.63, 3.8) is 0 Å². The summed E-state index contributed by atoms with van der Waals surface area (Å²) in [6.45, 7) is 2.14. The number of benzene rings is 2. The predicted molar refractivity (Wildman–Crippen MR) is 98.0 cm³/mol. The van der Waals surface area contributed by atoms with Crippen LogP contribution in [0.15, 0.2) is 65.1 Å². The molecule has 0 fully saturated rings. The first-order valence-electron chi connectivity index (χ1n) is 7.28. The number of halogens is 1. The number of aryl methyl sites for hydroxylation is 1. The molecule has 2 nitrogen and oxygen atoms in total. The number of rotatable bonds is 3. The van der Waals surface area contributed by atoms with Gasteiger partial charge in [-0.15, -0.1) is 0 Å². The van der Waals surface area contributed by atoms with Crippen LogP contribution in [0.2, 0.25) is 0 Å². The van der Waals surface area contributed by atoms with Crippen LogP contribution in [0, 0.1) is 6.92 Å². The lowest BCUT2D eigenvalue weighted by molar-refractivity contribution is 1.02. The lowest BCUT2D eigenvalue weighted by Crippen LogP contribution is -2.08. The van der Waals surface area contributed by atoms with Gasteiger partial charge in [-0.2, -0.15) is 0 Å². The van der Waals surface area contributed by atoms with E-state index in [1.165, 1.54) is 28.3 Å². The molecule has 0 unspecified atom stereocenters. The van der Waals surface area contributed by atoms with Gasteiger partial charge >= 0.3 is 0 Å². The molecule has 22 heavy (non-hydrogen) atoms. The van der Waals surface area contributed by atoms with E-state index in [1.54, 1.807) is 0 Å². The van der Waals surface area contributed by atoms with Gasteiger partial charge < -0.3 is 9.47 Å². The third kappa shape index (κ3) is 2.81. The second kappa shape index (κ2) is 6.01. The summed E-state index contributed by atoms with van der Waals surface area (Å²) in [5, 5.41) is 0. The third-order valence-electron chi connectivity index (χ3n) is 3.84. The van der Waals surface area contributed by atoms with Gasteiger partial charge in [0.2, 0.25) is 0 Å². The second-order valence-corrected chi connectivity index (χ2v) is 6.53. The van der Waals surface area contributed by atoms with Crippen molar-refractivity contribution in [2.45, 2.75) is 6.92 Å². The van der Waals surface area contributed by atoms with Crippen LogP contribution in [0.25, 0.3) is 16.9 Å². The summed E-state index contributed by atoms with van der Waals surface area (Å²) < 4.78 is 3.39. The van der Waals surface area contributed by atoms with Crippen molar-refractivity contribution in [1.29, 1.82) is 0 Å². The Bertz CT molecular complexity index is 768. The van der Waals surface area contributed by atoms with Gasteiger partial charge in [0, 0.05) is 35.6 Å². The number of aromatic nitrogens is 1. The first kappa shape index (κ1) is 14.9. The van der Waals surface area contributed by atoms with Gasteiger partial charge in [0.15, 0.2) is 0 Å². The third-order valence-corrected chi connectivity index (χ3v) is 4.37. The summed E-state index contributed by atoms with van der Waals surface area (Å²) in [6, 6.07) is 21.4. The number of hydrogen-bond acceptors (Lipinski definition) is 1. The largest absolute Gasteiger partial charge is 0.378 e. The summed E-state index contributed by atoms with van der Waals surface area (Å²) in [4.78, 5) is 2.11. The molecule has 0 aliphatic carbocycles. The zero-order valence-electron chi connectivity index (χ0n) is 13.0. The fraction of sp³-hybridized carbons (Fsp3) is 0.158. The molecular formula is C19H19BrN2. The molecule has 1 heterocycles. The Labute approximate surface area is 140 Å². The van der Waals surface area contributed by atoms with Crippen molar-refractivity contribution in [3.8, 4) is 16.9 Å². The molecule has 0 saturated heterocycles. The van der Waals surface area contributed by atoms with Crippen molar-refractivity contribution in [2.75, 3.05) is 19.0 Å². The van der Waals surface area contributed by atoms with Crippen LogP contribution >= 0.6 is 15.9 Å². The summed E-state index contributed by atoms with van der Waals surface area (Å²) in [5.74, 6) is 0. The number of nitrogens with zero attached hydrogens (tertiary/aromatic N) is 2. The van der Waals surface area contributed by atoms with E-state index in [1.807, 2.05) is 0 Å². The van der Waals surface area contributed by atoms with Gasteiger partial charge in [-0.05, 0) is 61.0 Å². The first-order valence-corrected chi connectivity index (χ1v) is 8.07. The summed E-state index contributed by atoms with van der Waals surface area (Å²) >= 11 is 3.50. The molecule has 1 aromatic heterocycles. The van der Waals surface area contributed by atoms with Gasteiger partial charge in [-0.1, -0.05) is 28.1 Å². The van der Waals surface area contributed by atoms with Crippen LogP contribution in [-0.2, 0) is 0 Å². The smallest absolute Gasteiger partial charge is 0.0531 e. The van der Waals surface area contributed by atoms with Crippen molar-refractivity contribution >= 4 is 21.6 Å². The van der Waals surface area contributed by atoms with E-state index < -0.39 is 0 Å². The Morgan fingerprint density at radius 1 is 0.818 bits per heavy atom. The molecule has 0 aliphatic heterocycles. The van der Waals surface area contributed by atoms with E-state index in [0.717, 1.165) is 4.47 Å². The van der Waals surface area contributed by atoms with Crippen LogP contribution in [-0.4, -0.2) is 18.7 Å². The Hall–Kier alpha value is -2.00. The zero-order chi connectivity index (χ0) is 15.7. The van der Waals surface area contributed by atoms with Crippen molar-refractivity contribution in [3.05, 3.63) is 70.8 Å². The molecule has 2 aromatic carbocycles. The maximum absolute atomic E-state index is 3.50. The summed E-state index contributed by atoms with van der Waals surface area (Å²) in [6.07, 6.45) is 0. The standard InChI is InChI=1S/C19H19BrN2/c1-14-4-13-19(15-5-7-16(20)8-6-15)22(14)18-11-9-17(10-12-18)21(2)3/h4-13H,1-3H3. The first-order chi connectivity index (χ1) is 10.6. The average molecular weight is 355 g/mol. The molecule has 3 aromatic rings. The van der Waals surface area contributed by atoms with Crippen LogP contribution < -0.4 is 4.90 Å². The van der Waals surface area contributed by atoms with Crippen LogP contribution in [0.4, 0.5) is 5.69 Å². The van der Waals surface area contributed by atoms with E-state index in [2.05, 4.69) is 107 Å². The maximum Gasteiger partial charge on any atom is 0.0531 e. The van der Waals surface area contributed by atoms with Crippen molar-refractivity contribution in [1.82, 2.24) is 4.57 Å². The topological polar surface area (TPSA) is 8.17 Å². The lowest BCUT2D eigenvalue weighted by atomic mass is 10.1. The summed E-state index contributed by atoms with van der Waals surface area (Å²) in [7, 11) is 4.12. The highest BCUT2D eigenvalue weighted by Gasteiger charge is 2.09. The molecule has 0 saturated carbocycles. The van der Waals surface area contributed by atoms with Crippen LogP contribution in [0.1, 0.15) is 5.69 Å².